The van der Waals surface area contributed by atoms with Crippen molar-refractivity contribution in [3.8, 4) is 0 Å². The van der Waals surface area contributed by atoms with E-state index >= 15 is 0 Å². The largest absolute Gasteiger partial charge is 0.387 e. The number of nitrogens with one attached hydrogen (secondary N) is 1. The minimum Gasteiger partial charge on any atom is -0.387 e. The van der Waals surface area contributed by atoms with Crippen molar-refractivity contribution in [2.24, 2.45) is 5.73 Å². The van der Waals surface area contributed by atoms with Crippen LogP contribution in [0, 0.1) is 12.3 Å². The van der Waals surface area contributed by atoms with Gasteiger partial charge >= 0.3 is 0 Å². The summed E-state index contributed by atoms with van der Waals surface area (Å²) in [5, 5.41) is 8.45. The van der Waals surface area contributed by atoms with Crippen molar-refractivity contribution >= 4 is 16.7 Å². The van der Waals surface area contributed by atoms with Crippen molar-refractivity contribution in [1.82, 2.24) is 4.98 Å². The lowest BCUT2D eigenvalue weighted by Crippen LogP contribution is -2.13. The van der Waals surface area contributed by atoms with E-state index in [1.165, 1.54) is 5.56 Å². The normalized spacial score (nSPS) is 10.5. The number of aryl methyl sites for hydroxylation is 1. The van der Waals surface area contributed by atoms with Crippen LogP contribution in [0.25, 0.3) is 10.9 Å². The van der Waals surface area contributed by atoms with Gasteiger partial charge in [-0.25, -0.2) is 0 Å². The SMILES string of the molecule is Cc1ccnc2c(CC(=N)N)cccc12. The first kappa shape index (κ1) is 9.65. The van der Waals surface area contributed by atoms with Gasteiger partial charge in [0.05, 0.1) is 11.4 Å². The van der Waals surface area contributed by atoms with Crippen molar-refractivity contribution in [1.29, 1.82) is 5.41 Å². The van der Waals surface area contributed by atoms with Crippen molar-refractivity contribution in [3.63, 3.8) is 0 Å². The Morgan fingerprint density at radius 3 is 2.93 bits per heavy atom. The third-order valence-electron chi connectivity index (χ3n) is 2.45. The standard InChI is InChI=1S/C12H13N3/c1-8-5-6-15-12-9(7-11(13)14)3-2-4-10(8)12/h2-6H,7H2,1H3,(H3,13,14). The van der Waals surface area contributed by atoms with Crippen molar-refractivity contribution < 1.29 is 0 Å². The highest BCUT2D eigenvalue weighted by Crippen LogP contribution is 2.19. The molecule has 15 heavy (non-hydrogen) atoms. The topological polar surface area (TPSA) is 62.8 Å². The van der Waals surface area contributed by atoms with E-state index < -0.39 is 0 Å². The molecule has 0 radical (unpaired) electrons. The highest BCUT2D eigenvalue weighted by molar-refractivity contribution is 5.89. The number of nitrogens with zero attached hydrogens (tertiary/aromatic N) is 1. The van der Waals surface area contributed by atoms with Gasteiger partial charge in [0.1, 0.15) is 0 Å². The third kappa shape index (κ3) is 1.81. The highest BCUT2D eigenvalue weighted by atomic mass is 14.7. The molecule has 0 atom stereocenters. The maximum Gasteiger partial charge on any atom is 0.0950 e. The van der Waals surface area contributed by atoms with Crippen LogP contribution in [0.2, 0.25) is 0 Å². The number of fused-ring (bicyclic) bond motifs is 1. The lowest BCUT2D eigenvalue weighted by atomic mass is 10.0. The summed E-state index contributed by atoms with van der Waals surface area (Å²) in [6.45, 7) is 2.06. The second-order valence-corrected chi connectivity index (χ2v) is 3.64. The van der Waals surface area contributed by atoms with Gasteiger partial charge < -0.3 is 5.73 Å². The molecule has 2 rings (SSSR count). The van der Waals surface area contributed by atoms with E-state index in [2.05, 4.69) is 11.9 Å². The Labute approximate surface area is 88.5 Å². The minimum atomic E-state index is 0.172. The molecule has 0 aliphatic heterocycles. The number of aromatic nitrogens is 1. The quantitative estimate of drug-likeness (QED) is 0.574. The molecule has 0 spiro atoms. The first-order chi connectivity index (χ1) is 7.18. The van der Waals surface area contributed by atoms with Crippen LogP contribution in [0.15, 0.2) is 30.5 Å². The van der Waals surface area contributed by atoms with E-state index in [0.717, 1.165) is 16.5 Å². The summed E-state index contributed by atoms with van der Waals surface area (Å²) in [6, 6.07) is 7.98. The fourth-order valence-electron chi connectivity index (χ4n) is 1.72. The summed E-state index contributed by atoms with van der Waals surface area (Å²) in [5.74, 6) is 0.172. The summed E-state index contributed by atoms with van der Waals surface area (Å²) >= 11 is 0. The van der Waals surface area contributed by atoms with E-state index in [4.69, 9.17) is 11.1 Å². The lowest BCUT2D eigenvalue weighted by Gasteiger charge is -2.06. The zero-order chi connectivity index (χ0) is 10.8. The number of rotatable bonds is 2. The Morgan fingerprint density at radius 2 is 2.20 bits per heavy atom. The third-order valence-corrected chi connectivity index (χ3v) is 2.45. The fraction of sp³-hybridized carbons (Fsp3) is 0.167. The fourth-order valence-corrected chi connectivity index (χ4v) is 1.72. The highest BCUT2D eigenvalue weighted by Gasteiger charge is 2.04. The Morgan fingerprint density at radius 1 is 1.40 bits per heavy atom. The number of benzene rings is 1. The van der Waals surface area contributed by atoms with E-state index in [9.17, 15) is 0 Å². The van der Waals surface area contributed by atoms with Crippen LogP contribution in [0.1, 0.15) is 11.1 Å². The lowest BCUT2D eigenvalue weighted by molar-refractivity contribution is 1.24. The Hall–Kier alpha value is -1.90. The Balaban J connectivity index is 2.65. The van der Waals surface area contributed by atoms with Crippen LogP contribution in [0.5, 0.6) is 0 Å². The molecule has 2 aromatic rings. The Kier molecular flexibility index (Phi) is 2.37. The molecule has 3 N–H and O–H groups in total. The number of nitrogens with two attached hydrogens (primary N) is 1. The van der Waals surface area contributed by atoms with Crippen LogP contribution in [-0.2, 0) is 6.42 Å². The van der Waals surface area contributed by atoms with E-state index in [1.807, 2.05) is 24.3 Å². The summed E-state index contributed by atoms with van der Waals surface area (Å²) in [6.07, 6.45) is 2.26. The zero-order valence-corrected chi connectivity index (χ0v) is 8.62. The van der Waals surface area contributed by atoms with Gasteiger partial charge in [0.25, 0.3) is 0 Å². The molecule has 3 nitrogen and oxygen atoms in total. The average molecular weight is 199 g/mol. The molecule has 1 aromatic carbocycles. The molecular weight excluding hydrogens is 186 g/mol. The monoisotopic (exact) mass is 199 g/mol. The molecule has 1 aromatic heterocycles. The number of pyridine rings is 1. The van der Waals surface area contributed by atoms with Gasteiger partial charge in [-0.15, -0.1) is 0 Å². The second-order valence-electron chi connectivity index (χ2n) is 3.64. The van der Waals surface area contributed by atoms with Gasteiger partial charge in [0.2, 0.25) is 0 Å². The first-order valence-electron chi connectivity index (χ1n) is 4.84. The molecule has 0 unspecified atom stereocenters. The van der Waals surface area contributed by atoms with E-state index in [0.29, 0.717) is 6.42 Å². The molecule has 76 valence electrons. The smallest absolute Gasteiger partial charge is 0.0950 e. The number of hydrogen-bond donors (Lipinski definition) is 2. The summed E-state index contributed by atoms with van der Waals surface area (Å²) in [4.78, 5) is 4.34. The summed E-state index contributed by atoms with van der Waals surface area (Å²) < 4.78 is 0. The van der Waals surface area contributed by atoms with Gasteiger partial charge in [-0.05, 0) is 24.1 Å². The molecule has 0 aliphatic carbocycles. The molecule has 0 aliphatic rings. The van der Waals surface area contributed by atoms with Crippen LogP contribution in [0.3, 0.4) is 0 Å². The molecule has 3 heteroatoms. The van der Waals surface area contributed by atoms with Gasteiger partial charge in [-0.1, -0.05) is 18.2 Å². The minimum absolute atomic E-state index is 0.172. The number of amidine groups is 1. The molecule has 0 bridgehead atoms. The average Bonchev–Trinajstić information content (AvgIpc) is 2.19. The maximum absolute atomic E-state index is 7.31. The molecule has 0 amide bonds. The molecule has 1 heterocycles. The zero-order valence-electron chi connectivity index (χ0n) is 8.62. The summed E-state index contributed by atoms with van der Waals surface area (Å²) in [7, 11) is 0. The summed E-state index contributed by atoms with van der Waals surface area (Å²) in [5.41, 5.74) is 8.58. The predicted molar refractivity (Wildman–Crippen MR) is 62.1 cm³/mol. The van der Waals surface area contributed by atoms with Crippen molar-refractivity contribution in [2.75, 3.05) is 0 Å². The molecule has 0 saturated heterocycles. The molecule has 0 fully saturated rings. The first-order valence-corrected chi connectivity index (χ1v) is 4.84. The van der Waals surface area contributed by atoms with Gasteiger partial charge in [0.15, 0.2) is 0 Å². The Bertz CT molecular complexity index is 517. The molecular formula is C12H13N3. The van der Waals surface area contributed by atoms with Crippen LogP contribution in [0.4, 0.5) is 0 Å². The van der Waals surface area contributed by atoms with Crippen molar-refractivity contribution in [3.05, 3.63) is 41.6 Å². The predicted octanol–water partition coefficient (Wildman–Crippen LogP) is 2.02. The van der Waals surface area contributed by atoms with Gasteiger partial charge in [0, 0.05) is 18.0 Å². The van der Waals surface area contributed by atoms with Crippen LogP contribution in [-0.4, -0.2) is 10.8 Å². The van der Waals surface area contributed by atoms with Crippen LogP contribution < -0.4 is 5.73 Å². The van der Waals surface area contributed by atoms with Gasteiger partial charge in [-0.2, -0.15) is 0 Å². The second kappa shape index (κ2) is 3.69. The number of hydrogen-bond acceptors (Lipinski definition) is 2. The van der Waals surface area contributed by atoms with Crippen molar-refractivity contribution in [2.45, 2.75) is 13.3 Å². The van der Waals surface area contributed by atoms with Crippen LogP contribution >= 0.6 is 0 Å². The van der Waals surface area contributed by atoms with E-state index in [1.54, 1.807) is 6.20 Å². The van der Waals surface area contributed by atoms with Gasteiger partial charge in [-0.3, -0.25) is 10.4 Å². The molecule has 0 saturated carbocycles. The van der Waals surface area contributed by atoms with E-state index in [-0.39, 0.29) is 5.84 Å². The maximum atomic E-state index is 7.31. The number of para-hydroxylation sites is 1.